The van der Waals surface area contributed by atoms with E-state index in [9.17, 15) is 14.4 Å². The summed E-state index contributed by atoms with van der Waals surface area (Å²) in [6, 6.07) is 0. The number of rotatable bonds is 49. The number of ether oxygens (including phenoxy) is 3. The molecule has 0 aromatic heterocycles. The average molecular weight is 871 g/mol. The fraction of sp³-hybridized carbons (Fsp3) is 0.839. The highest BCUT2D eigenvalue weighted by atomic mass is 16.6. The summed E-state index contributed by atoms with van der Waals surface area (Å²) in [6.45, 7) is 6.63. The van der Waals surface area contributed by atoms with Crippen molar-refractivity contribution in [3.8, 4) is 0 Å². The van der Waals surface area contributed by atoms with Crippen molar-refractivity contribution < 1.29 is 28.6 Å². The summed E-state index contributed by atoms with van der Waals surface area (Å²) in [5.41, 5.74) is 0. The minimum Gasteiger partial charge on any atom is -0.462 e. The van der Waals surface area contributed by atoms with Crippen molar-refractivity contribution in [2.45, 2.75) is 290 Å². The van der Waals surface area contributed by atoms with E-state index in [1.807, 2.05) is 0 Å². The van der Waals surface area contributed by atoms with E-state index in [1.54, 1.807) is 0 Å². The second-order valence-corrected chi connectivity index (χ2v) is 18.2. The van der Waals surface area contributed by atoms with E-state index in [0.717, 1.165) is 77.0 Å². The molecule has 362 valence electrons. The average Bonchev–Trinajstić information content (AvgIpc) is 3.27. The molecule has 0 aliphatic rings. The fourth-order valence-electron chi connectivity index (χ4n) is 7.86. The van der Waals surface area contributed by atoms with Crippen LogP contribution in [0.4, 0.5) is 0 Å². The van der Waals surface area contributed by atoms with Crippen molar-refractivity contribution in [3.63, 3.8) is 0 Å². The molecule has 6 heteroatoms. The number of carbonyl (C=O) groups excluding carboxylic acids is 3. The highest BCUT2D eigenvalue weighted by molar-refractivity contribution is 5.71. The Bertz CT molecular complexity index is 1050. The predicted octanol–water partition coefficient (Wildman–Crippen LogP) is 17.7. The third-order valence-corrected chi connectivity index (χ3v) is 12.0. The SMILES string of the molecule is CCCCCCC\C=C/C=C\C=C/CCCCCCCC(=O)OCC(COC(=O)CCCCCCCCCCCCCC)OC(=O)CCCCCCCCCCCCCCCC. The predicted molar refractivity (Wildman–Crippen MR) is 266 cm³/mol. The van der Waals surface area contributed by atoms with Gasteiger partial charge in [0.2, 0.25) is 0 Å². The molecule has 0 bridgehead atoms. The number of allylic oxidation sites excluding steroid dienone is 6. The van der Waals surface area contributed by atoms with E-state index in [0.29, 0.717) is 19.3 Å². The van der Waals surface area contributed by atoms with Gasteiger partial charge in [0, 0.05) is 19.3 Å². The van der Waals surface area contributed by atoms with Gasteiger partial charge < -0.3 is 14.2 Å². The van der Waals surface area contributed by atoms with Crippen molar-refractivity contribution in [2.24, 2.45) is 0 Å². The smallest absolute Gasteiger partial charge is 0.306 e. The molecule has 0 radical (unpaired) electrons. The molecule has 0 fully saturated rings. The Morgan fingerprint density at radius 2 is 0.581 bits per heavy atom. The normalized spacial score (nSPS) is 12.2. The molecule has 0 aliphatic carbocycles. The van der Waals surface area contributed by atoms with Crippen molar-refractivity contribution in [3.05, 3.63) is 36.5 Å². The van der Waals surface area contributed by atoms with Crippen molar-refractivity contribution in [2.75, 3.05) is 13.2 Å². The Hall–Kier alpha value is -2.37. The van der Waals surface area contributed by atoms with Gasteiger partial charge >= 0.3 is 17.9 Å². The van der Waals surface area contributed by atoms with Gasteiger partial charge in [-0.3, -0.25) is 14.4 Å². The number of hydrogen-bond donors (Lipinski definition) is 0. The van der Waals surface area contributed by atoms with Crippen molar-refractivity contribution in [1.82, 2.24) is 0 Å². The molecule has 0 aromatic carbocycles. The molecular weight excluding hydrogens is 769 g/mol. The van der Waals surface area contributed by atoms with E-state index in [4.69, 9.17) is 14.2 Å². The van der Waals surface area contributed by atoms with Gasteiger partial charge in [0.05, 0.1) is 0 Å². The highest BCUT2D eigenvalue weighted by Crippen LogP contribution is 2.16. The van der Waals surface area contributed by atoms with Crippen LogP contribution in [0.5, 0.6) is 0 Å². The summed E-state index contributed by atoms with van der Waals surface area (Å²) in [7, 11) is 0. The molecule has 0 rings (SSSR count). The highest BCUT2D eigenvalue weighted by Gasteiger charge is 2.19. The summed E-state index contributed by atoms with van der Waals surface area (Å²) in [6.07, 6.45) is 59.8. The van der Waals surface area contributed by atoms with E-state index in [2.05, 4.69) is 57.2 Å². The number of unbranched alkanes of at least 4 members (excludes halogenated alkanes) is 34. The largest absolute Gasteiger partial charge is 0.462 e. The minimum atomic E-state index is -0.775. The number of carbonyl (C=O) groups is 3. The molecule has 1 unspecified atom stereocenters. The van der Waals surface area contributed by atoms with Crippen LogP contribution in [0, 0.1) is 0 Å². The van der Waals surface area contributed by atoms with Crippen LogP contribution in [-0.4, -0.2) is 37.2 Å². The van der Waals surface area contributed by atoms with Crippen molar-refractivity contribution >= 4 is 17.9 Å². The first-order valence-corrected chi connectivity index (χ1v) is 27.0. The van der Waals surface area contributed by atoms with Crippen LogP contribution in [0.1, 0.15) is 284 Å². The van der Waals surface area contributed by atoms with Gasteiger partial charge in [-0.25, -0.2) is 0 Å². The number of hydrogen-bond acceptors (Lipinski definition) is 6. The van der Waals surface area contributed by atoms with Gasteiger partial charge in [-0.1, -0.05) is 256 Å². The zero-order chi connectivity index (χ0) is 45.1. The fourth-order valence-corrected chi connectivity index (χ4v) is 7.86. The quantitative estimate of drug-likeness (QED) is 0.0262. The van der Waals surface area contributed by atoms with E-state index in [-0.39, 0.29) is 31.1 Å². The molecular formula is C56H102O6. The molecule has 0 heterocycles. The monoisotopic (exact) mass is 871 g/mol. The summed E-state index contributed by atoms with van der Waals surface area (Å²) in [5, 5.41) is 0. The Balaban J connectivity index is 4.37. The first-order valence-electron chi connectivity index (χ1n) is 27.0. The van der Waals surface area contributed by atoms with Crippen LogP contribution in [0.15, 0.2) is 36.5 Å². The molecule has 1 atom stereocenters. The van der Waals surface area contributed by atoms with Gasteiger partial charge in [0.15, 0.2) is 6.10 Å². The summed E-state index contributed by atoms with van der Waals surface area (Å²) in [4.78, 5) is 38.0. The first kappa shape index (κ1) is 59.6. The lowest BCUT2D eigenvalue weighted by Crippen LogP contribution is -2.30. The van der Waals surface area contributed by atoms with Gasteiger partial charge in [-0.15, -0.1) is 0 Å². The van der Waals surface area contributed by atoms with Crippen LogP contribution in [0.2, 0.25) is 0 Å². The molecule has 0 aromatic rings. The van der Waals surface area contributed by atoms with Crippen LogP contribution in [0.25, 0.3) is 0 Å². The standard InChI is InChI=1S/C56H102O6/c1-4-7-10-13-16-19-22-25-27-28-29-30-32-34-37-40-43-46-49-55(58)61-52-53(51-60-54(57)48-45-42-39-36-33-24-21-18-15-12-9-6-3)62-56(59)50-47-44-41-38-35-31-26-23-20-17-14-11-8-5-2/h22,25,27-30,53H,4-21,23-24,26,31-52H2,1-3H3/b25-22-,28-27-,30-29-. The van der Waals surface area contributed by atoms with Gasteiger partial charge in [0.1, 0.15) is 13.2 Å². The maximum Gasteiger partial charge on any atom is 0.306 e. The molecule has 0 saturated heterocycles. The van der Waals surface area contributed by atoms with Crippen molar-refractivity contribution in [1.29, 1.82) is 0 Å². The molecule has 0 amide bonds. The molecule has 0 saturated carbocycles. The maximum absolute atomic E-state index is 12.8. The van der Waals surface area contributed by atoms with Gasteiger partial charge in [0.25, 0.3) is 0 Å². The Morgan fingerprint density at radius 1 is 0.323 bits per heavy atom. The minimum absolute atomic E-state index is 0.0744. The summed E-state index contributed by atoms with van der Waals surface area (Å²) < 4.78 is 16.8. The Morgan fingerprint density at radius 3 is 0.887 bits per heavy atom. The third kappa shape index (κ3) is 48.7. The summed E-state index contributed by atoms with van der Waals surface area (Å²) in [5.74, 6) is -0.881. The van der Waals surface area contributed by atoms with E-state index < -0.39 is 6.10 Å². The molecule has 6 nitrogen and oxygen atoms in total. The zero-order valence-electron chi connectivity index (χ0n) is 41.4. The number of esters is 3. The lowest BCUT2D eigenvalue weighted by atomic mass is 10.0. The Kier molecular flexibility index (Phi) is 49.3. The molecule has 0 spiro atoms. The van der Waals surface area contributed by atoms with Crippen LogP contribution in [0.3, 0.4) is 0 Å². The lowest BCUT2D eigenvalue weighted by Gasteiger charge is -2.18. The van der Waals surface area contributed by atoms with Gasteiger partial charge in [-0.05, 0) is 44.9 Å². The van der Waals surface area contributed by atoms with Crippen LogP contribution in [-0.2, 0) is 28.6 Å². The van der Waals surface area contributed by atoms with Crippen LogP contribution >= 0.6 is 0 Å². The van der Waals surface area contributed by atoms with E-state index in [1.165, 1.54) is 167 Å². The lowest BCUT2D eigenvalue weighted by molar-refractivity contribution is -0.167. The first-order chi connectivity index (χ1) is 30.5. The Labute approximate surface area is 385 Å². The second kappa shape index (κ2) is 51.3. The molecule has 0 N–H and O–H groups in total. The van der Waals surface area contributed by atoms with E-state index >= 15 is 0 Å². The maximum atomic E-state index is 12.8. The van der Waals surface area contributed by atoms with Gasteiger partial charge in [-0.2, -0.15) is 0 Å². The molecule has 62 heavy (non-hydrogen) atoms. The summed E-state index contributed by atoms with van der Waals surface area (Å²) >= 11 is 0. The van der Waals surface area contributed by atoms with Crippen LogP contribution < -0.4 is 0 Å². The third-order valence-electron chi connectivity index (χ3n) is 12.0. The topological polar surface area (TPSA) is 78.9 Å². The second-order valence-electron chi connectivity index (χ2n) is 18.2. The molecule has 0 aliphatic heterocycles. The zero-order valence-corrected chi connectivity index (χ0v) is 41.4.